The van der Waals surface area contributed by atoms with E-state index in [1.54, 1.807) is 42.5 Å². The first-order valence-corrected chi connectivity index (χ1v) is 11.5. The number of nitrogens with one attached hydrogen (secondary N) is 2. The molecule has 0 aromatic heterocycles. The van der Waals surface area contributed by atoms with Crippen molar-refractivity contribution in [3.05, 3.63) is 74.2 Å². The van der Waals surface area contributed by atoms with E-state index in [1.165, 1.54) is 7.11 Å². The molecule has 0 saturated heterocycles. The summed E-state index contributed by atoms with van der Waals surface area (Å²) in [5.74, 6) is -3.94. The Bertz CT molecular complexity index is 1180. The normalized spacial score (nSPS) is 17.7. The standard InChI is InChI=1S/C23H19Cl2N3O4S/c1-12-3-8-15(9-17(12)25)27-18(29)11-33-22-16(10-26)19(13-4-6-14(24)7-5-13)20(21(30)28-22)23(31)32-2/h3-9,19-20H,11H2,1-2H3,(H,27,29)(H,28,30)/t19-,20+/m1/s1. The largest absolute Gasteiger partial charge is 0.468 e. The zero-order valence-electron chi connectivity index (χ0n) is 17.6. The minimum Gasteiger partial charge on any atom is -0.468 e. The molecule has 2 aromatic rings. The molecule has 1 aliphatic rings. The fourth-order valence-corrected chi connectivity index (χ4v) is 4.51. The van der Waals surface area contributed by atoms with Crippen molar-refractivity contribution in [2.45, 2.75) is 12.8 Å². The molecule has 7 nitrogen and oxygen atoms in total. The first-order valence-electron chi connectivity index (χ1n) is 9.72. The van der Waals surface area contributed by atoms with Crippen LogP contribution in [0.3, 0.4) is 0 Å². The number of nitrogens with zero attached hydrogens (tertiary/aromatic N) is 1. The molecule has 2 amide bonds. The zero-order chi connectivity index (χ0) is 24.1. The maximum Gasteiger partial charge on any atom is 0.319 e. The van der Waals surface area contributed by atoms with Crippen LogP contribution in [0.25, 0.3) is 0 Å². The number of allylic oxidation sites excluding steroid dienone is 1. The Kier molecular flexibility index (Phi) is 8.03. The number of hydrogen-bond donors (Lipinski definition) is 2. The number of aryl methyl sites for hydroxylation is 1. The summed E-state index contributed by atoms with van der Waals surface area (Å²) in [7, 11) is 1.18. The number of esters is 1. The molecule has 1 heterocycles. The highest BCUT2D eigenvalue weighted by molar-refractivity contribution is 8.03. The summed E-state index contributed by atoms with van der Waals surface area (Å²) < 4.78 is 4.81. The molecular weight excluding hydrogens is 485 g/mol. The van der Waals surface area contributed by atoms with Gasteiger partial charge in [-0.05, 0) is 42.3 Å². The Morgan fingerprint density at radius 2 is 1.91 bits per heavy atom. The number of ether oxygens (including phenoxy) is 1. The number of benzene rings is 2. The molecule has 0 saturated carbocycles. The number of anilines is 1. The third-order valence-corrected chi connectivity index (χ3v) is 6.69. The van der Waals surface area contributed by atoms with Gasteiger partial charge in [-0.2, -0.15) is 5.26 Å². The van der Waals surface area contributed by atoms with E-state index >= 15 is 0 Å². The van der Waals surface area contributed by atoms with Gasteiger partial charge in [-0.25, -0.2) is 0 Å². The molecule has 0 bridgehead atoms. The molecule has 33 heavy (non-hydrogen) atoms. The Hall–Kier alpha value is -2.99. The molecule has 3 rings (SSSR count). The number of nitriles is 1. The molecule has 10 heteroatoms. The third kappa shape index (κ3) is 5.69. The number of methoxy groups -OCH3 is 1. The van der Waals surface area contributed by atoms with Crippen LogP contribution in [0.2, 0.25) is 10.0 Å². The molecule has 0 spiro atoms. The van der Waals surface area contributed by atoms with Crippen molar-refractivity contribution in [2.24, 2.45) is 5.92 Å². The van der Waals surface area contributed by atoms with Gasteiger partial charge in [0.25, 0.3) is 0 Å². The first-order chi connectivity index (χ1) is 15.7. The Morgan fingerprint density at radius 1 is 1.21 bits per heavy atom. The minimum atomic E-state index is -1.25. The molecule has 2 aromatic carbocycles. The van der Waals surface area contributed by atoms with Crippen LogP contribution >= 0.6 is 35.0 Å². The summed E-state index contributed by atoms with van der Waals surface area (Å²) in [6.07, 6.45) is 0. The van der Waals surface area contributed by atoms with E-state index in [4.69, 9.17) is 27.9 Å². The van der Waals surface area contributed by atoms with Crippen molar-refractivity contribution in [1.82, 2.24) is 5.32 Å². The highest BCUT2D eigenvalue weighted by Gasteiger charge is 2.44. The zero-order valence-corrected chi connectivity index (χ0v) is 20.0. The van der Waals surface area contributed by atoms with Crippen molar-refractivity contribution in [1.29, 1.82) is 5.26 Å². The van der Waals surface area contributed by atoms with Crippen LogP contribution in [0.4, 0.5) is 5.69 Å². The number of carbonyl (C=O) groups is 3. The van der Waals surface area contributed by atoms with Crippen LogP contribution in [0.1, 0.15) is 17.0 Å². The first kappa shape index (κ1) is 24.6. The highest BCUT2D eigenvalue weighted by Crippen LogP contribution is 2.40. The number of amides is 2. The van der Waals surface area contributed by atoms with Crippen molar-refractivity contribution in [3.8, 4) is 6.07 Å². The van der Waals surface area contributed by atoms with Crippen molar-refractivity contribution in [3.63, 3.8) is 0 Å². The predicted molar refractivity (Wildman–Crippen MR) is 128 cm³/mol. The lowest BCUT2D eigenvalue weighted by molar-refractivity contribution is -0.150. The van der Waals surface area contributed by atoms with Crippen LogP contribution in [0.5, 0.6) is 0 Å². The predicted octanol–water partition coefficient (Wildman–Crippen LogP) is 4.41. The van der Waals surface area contributed by atoms with Gasteiger partial charge in [0.2, 0.25) is 11.8 Å². The Morgan fingerprint density at radius 3 is 2.52 bits per heavy atom. The minimum absolute atomic E-state index is 0.0808. The maximum atomic E-state index is 12.8. The molecule has 170 valence electrons. The monoisotopic (exact) mass is 503 g/mol. The number of carbonyl (C=O) groups excluding carboxylic acids is 3. The number of hydrogen-bond acceptors (Lipinski definition) is 6. The third-order valence-electron chi connectivity index (χ3n) is 5.02. The Labute approximate surface area is 205 Å². The van der Waals surface area contributed by atoms with Crippen molar-refractivity contribution in [2.75, 3.05) is 18.2 Å². The summed E-state index contributed by atoms with van der Waals surface area (Å²) in [5.41, 5.74) is 2.12. The van der Waals surface area contributed by atoms with Crippen LogP contribution in [-0.4, -0.2) is 30.6 Å². The van der Waals surface area contributed by atoms with Crippen molar-refractivity contribution >= 4 is 58.4 Å². The van der Waals surface area contributed by atoms with E-state index in [2.05, 4.69) is 16.7 Å². The van der Waals surface area contributed by atoms with Gasteiger partial charge < -0.3 is 15.4 Å². The van der Waals surface area contributed by atoms with Gasteiger partial charge in [0, 0.05) is 21.7 Å². The van der Waals surface area contributed by atoms with Crippen LogP contribution in [-0.2, 0) is 19.1 Å². The molecule has 2 N–H and O–H groups in total. The van der Waals surface area contributed by atoms with Crippen LogP contribution < -0.4 is 10.6 Å². The van der Waals surface area contributed by atoms with E-state index in [0.29, 0.717) is 21.3 Å². The van der Waals surface area contributed by atoms with Crippen LogP contribution in [0.15, 0.2) is 53.1 Å². The summed E-state index contributed by atoms with van der Waals surface area (Å²) in [6, 6.07) is 13.8. The molecule has 0 radical (unpaired) electrons. The molecule has 0 aliphatic carbocycles. The van der Waals surface area contributed by atoms with E-state index in [0.717, 1.165) is 17.3 Å². The molecule has 2 atom stereocenters. The average Bonchev–Trinajstić information content (AvgIpc) is 2.79. The molecule has 0 unspecified atom stereocenters. The highest BCUT2D eigenvalue weighted by atomic mass is 35.5. The lowest BCUT2D eigenvalue weighted by Gasteiger charge is -2.30. The molecule has 1 aliphatic heterocycles. The van der Waals surface area contributed by atoms with E-state index < -0.39 is 23.7 Å². The SMILES string of the molecule is COC(=O)[C@@H]1C(=O)NC(SCC(=O)Nc2ccc(C)c(Cl)c2)=C(C#N)[C@H]1c1ccc(Cl)cc1. The average molecular weight is 504 g/mol. The van der Waals surface area contributed by atoms with E-state index in [1.807, 2.05) is 6.92 Å². The van der Waals surface area contributed by atoms with Gasteiger partial charge in [-0.3, -0.25) is 14.4 Å². The van der Waals surface area contributed by atoms with Gasteiger partial charge >= 0.3 is 5.97 Å². The fraction of sp³-hybridized carbons (Fsp3) is 0.217. The molecular formula is C23H19Cl2N3O4S. The van der Waals surface area contributed by atoms with Gasteiger partial charge in [0.15, 0.2) is 0 Å². The second kappa shape index (κ2) is 10.8. The second-order valence-electron chi connectivity index (χ2n) is 7.17. The lowest BCUT2D eigenvalue weighted by atomic mass is 9.78. The number of rotatable bonds is 6. The number of halogens is 2. The summed E-state index contributed by atoms with van der Waals surface area (Å²) in [4.78, 5) is 37.7. The summed E-state index contributed by atoms with van der Waals surface area (Å²) >= 11 is 13.1. The van der Waals surface area contributed by atoms with Gasteiger partial charge in [0.05, 0.1) is 29.5 Å². The smallest absolute Gasteiger partial charge is 0.319 e. The Balaban J connectivity index is 1.87. The van der Waals surface area contributed by atoms with E-state index in [-0.39, 0.29) is 22.3 Å². The number of thioether (sulfide) groups is 1. The van der Waals surface area contributed by atoms with Crippen LogP contribution in [0, 0.1) is 24.2 Å². The van der Waals surface area contributed by atoms with Gasteiger partial charge in [-0.15, -0.1) is 0 Å². The van der Waals surface area contributed by atoms with Crippen molar-refractivity contribution < 1.29 is 19.1 Å². The molecule has 0 fully saturated rings. The van der Waals surface area contributed by atoms with E-state index in [9.17, 15) is 19.6 Å². The van der Waals surface area contributed by atoms with Gasteiger partial charge in [-0.1, -0.05) is 53.2 Å². The topological polar surface area (TPSA) is 108 Å². The summed E-state index contributed by atoms with van der Waals surface area (Å²) in [6.45, 7) is 1.85. The second-order valence-corrected chi connectivity index (χ2v) is 9.00. The quantitative estimate of drug-likeness (QED) is 0.446. The van der Waals surface area contributed by atoms with Gasteiger partial charge in [0.1, 0.15) is 5.92 Å². The maximum absolute atomic E-state index is 12.8. The lowest BCUT2D eigenvalue weighted by Crippen LogP contribution is -2.44. The fourth-order valence-electron chi connectivity index (χ4n) is 3.36. The summed E-state index contributed by atoms with van der Waals surface area (Å²) in [5, 5.41) is 16.4.